The maximum absolute atomic E-state index is 11.5. The summed E-state index contributed by atoms with van der Waals surface area (Å²) in [6.07, 6.45) is 0. The van der Waals surface area contributed by atoms with Crippen LogP contribution in [0.4, 0.5) is 5.82 Å². The summed E-state index contributed by atoms with van der Waals surface area (Å²) in [7, 11) is 4.06. The van der Waals surface area contributed by atoms with Crippen molar-refractivity contribution < 1.29 is 0 Å². The molecule has 5 nitrogen and oxygen atoms in total. The van der Waals surface area contributed by atoms with Gasteiger partial charge in [-0.1, -0.05) is 25.4 Å². The number of H-pyrrole nitrogens is 1. The Balaban J connectivity index is 2.83. The summed E-state index contributed by atoms with van der Waals surface area (Å²) in [6.45, 7) is 6.74. The minimum atomic E-state index is -0.308. The zero-order chi connectivity index (χ0) is 13.9. The van der Waals surface area contributed by atoms with E-state index in [4.69, 9.17) is 11.6 Å². The van der Waals surface area contributed by atoms with E-state index in [-0.39, 0.29) is 10.6 Å². The summed E-state index contributed by atoms with van der Waals surface area (Å²) in [4.78, 5) is 20.4. The van der Waals surface area contributed by atoms with Crippen molar-refractivity contribution in [2.24, 2.45) is 5.92 Å². The number of likely N-dealkylation sites (N-methyl/N-ethyl adjacent to an activating group) is 1. The number of aromatic nitrogens is 2. The van der Waals surface area contributed by atoms with Crippen molar-refractivity contribution in [2.75, 3.05) is 26.0 Å². The molecule has 0 aliphatic heterocycles. The van der Waals surface area contributed by atoms with E-state index in [2.05, 4.69) is 34.0 Å². The maximum Gasteiger partial charge on any atom is 0.271 e. The number of aryl methyl sites for hydroxylation is 1. The van der Waals surface area contributed by atoms with Crippen LogP contribution < -0.4 is 10.9 Å². The highest BCUT2D eigenvalue weighted by molar-refractivity contribution is 6.32. The number of hydrogen-bond donors (Lipinski definition) is 2. The molecule has 1 atom stereocenters. The molecule has 1 aromatic rings. The summed E-state index contributed by atoms with van der Waals surface area (Å²) < 4.78 is 0. The van der Waals surface area contributed by atoms with Crippen LogP contribution in [0.2, 0.25) is 5.02 Å². The summed E-state index contributed by atoms with van der Waals surface area (Å²) >= 11 is 5.93. The number of nitrogens with one attached hydrogen (secondary N) is 2. The van der Waals surface area contributed by atoms with Crippen LogP contribution in [0.25, 0.3) is 0 Å². The van der Waals surface area contributed by atoms with Gasteiger partial charge in [0.2, 0.25) is 0 Å². The molecule has 0 bridgehead atoms. The average molecular weight is 273 g/mol. The molecular weight excluding hydrogens is 252 g/mol. The van der Waals surface area contributed by atoms with Crippen LogP contribution in [-0.4, -0.2) is 41.5 Å². The van der Waals surface area contributed by atoms with Gasteiger partial charge in [0.15, 0.2) is 5.82 Å². The Kier molecular flexibility index (Phi) is 5.16. The molecule has 1 rings (SSSR count). The van der Waals surface area contributed by atoms with E-state index < -0.39 is 0 Å². The third-order valence-electron chi connectivity index (χ3n) is 2.89. The quantitative estimate of drug-likeness (QED) is 0.857. The van der Waals surface area contributed by atoms with Gasteiger partial charge in [0.1, 0.15) is 10.8 Å². The minimum Gasteiger partial charge on any atom is -0.367 e. The van der Waals surface area contributed by atoms with Crippen LogP contribution in [0.3, 0.4) is 0 Å². The van der Waals surface area contributed by atoms with Gasteiger partial charge in [0.25, 0.3) is 5.56 Å². The van der Waals surface area contributed by atoms with E-state index in [0.29, 0.717) is 30.1 Å². The van der Waals surface area contributed by atoms with Crippen molar-refractivity contribution >= 4 is 17.4 Å². The van der Waals surface area contributed by atoms with E-state index in [1.807, 2.05) is 14.1 Å². The van der Waals surface area contributed by atoms with Crippen LogP contribution >= 0.6 is 11.6 Å². The first-order chi connectivity index (χ1) is 8.32. The molecule has 1 heterocycles. The number of nitrogens with zero attached hydrogens (tertiary/aromatic N) is 2. The number of aromatic amines is 1. The maximum atomic E-state index is 11.5. The molecule has 0 spiro atoms. The molecule has 0 fully saturated rings. The fraction of sp³-hybridized carbons (Fsp3) is 0.667. The Bertz CT molecular complexity index is 448. The fourth-order valence-corrected chi connectivity index (χ4v) is 2.06. The largest absolute Gasteiger partial charge is 0.367 e. The van der Waals surface area contributed by atoms with Crippen molar-refractivity contribution in [1.82, 2.24) is 14.9 Å². The first kappa shape index (κ1) is 15.0. The van der Waals surface area contributed by atoms with Gasteiger partial charge in [-0.25, -0.2) is 4.98 Å². The van der Waals surface area contributed by atoms with Crippen LogP contribution in [0.15, 0.2) is 4.79 Å². The molecule has 2 N–H and O–H groups in total. The van der Waals surface area contributed by atoms with Gasteiger partial charge >= 0.3 is 0 Å². The highest BCUT2D eigenvalue weighted by Gasteiger charge is 2.16. The Morgan fingerprint density at radius 3 is 2.56 bits per heavy atom. The number of hydrogen-bond acceptors (Lipinski definition) is 4. The highest BCUT2D eigenvalue weighted by atomic mass is 35.5. The fourth-order valence-electron chi connectivity index (χ4n) is 1.90. The van der Waals surface area contributed by atoms with Gasteiger partial charge < -0.3 is 15.2 Å². The lowest BCUT2D eigenvalue weighted by atomic mass is 10.0. The predicted molar refractivity (Wildman–Crippen MR) is 75.4 cm³/mol. The molecule has 0 amide bonds. The predicted octanol–water partition coefficient (Wildman–Crippen LogP) is 1.73. The van der Waals surface area contributed by atoms with E-state index in [1.54, 1.807) is 6.92 Å². The van der Waals surface area contributed by atoms with Gasteiger partial charge in [0.05, 0.1) is 0 Å². The van der Waals surface area contributed by atoms with Crippen molar-refractivity contribution in [1.29, 1.82) is 0 Å². The third kappa shape index (κ3) is 3.71. The molecular formula is C12H21ClN4O. The van der Waals surface area contributed by atoms with Crippen LogP contribution in [0.5, 0.6) is 0 Å². The molecule has 0 saturated heterocycles. The van der Waals surface area contributed by atoms with Crippen LogP contribution in [0, 0.1) is 12.8 Å². The average Bonchev–Trinajstić information content (AvgIpc) is 2.23. The Morgan fingerprint density at radius 1 is 1.44 bits per heavy atom. The van der Waals surface area contributed by atoms with Gasteiger partial charge in [-0.3, -0.25) is 4.79 Å². The molecule has 102 valence electrons. The van der Waals surface area contributed by atoms with Crippen molar-refractivity contribution in [3.05, 3.63) is 21.2 Å². The van der Waals surface area contributed by atoms with Gasteiger partial charge in [-0.15, -0.1) is 0 Å². The van der Waals surface area contributed by atoms with Crippen molar-refractivity contribution in [3.63, 3.8) is 0 Å². The van der Waals surface area contributed by atoms with E-state index in [1.165, 1.54) is 0 Å². The Hall–Kier alpha value is -1.07. The van der Waals surface area contributed by atoms with E-state index >= 15 is 0 Å². The molecule has 6 heteroatoms. The molecule has 0 aromatic carbocycles. The van der Waals surface area contributed by atoms with Crippen molar-refractivity contribution in [3.8, 4) is 0 Å². The highest BCUT2D eigenvalue weighted by Crippen LogP contribution is 2.15. The number of rotatable bonds is 5. The lowest BCUT2D eigenvalue weighted by Gasteiger charge is -2.28. The number of halogens is 1. The minimum absolute atomic E-state index is 0.113. The monoisotopic (exact) mass is 272 g/mol. The zero-order valence-electron chi connectivity index (χ0n) is 11.5. The van der Waals surface area contributed by atoms with E-state index in [0.717, 1.165) is 0 Å². The SMILES string of the molecule is Cc1nc(NC[C@H](C(C)C)N(C)C)c(Cl)c(=O)[nH]1. The lowest BCUT2D eigenvalue weighted by Crippen LogP contribution is -2.39. The topological polar surface area (TPSA) is 61.0 Å². The Morgan fingerprint density at radius 2 is 2.06 bits per heavy atom. The standard InChI is InChI=1S/C12H21ClN4O/c1-7(2)9(17(4)5)6-14-11-10(13)12(18)16-8(3)15-11/h7,9H,6H2,1-5H3,(H2,14,15,16,18)/t9-/m1/s1. The van der Waals surface area contributed by atoms with Gasteiger partial charge in [-0.05, 0) is 26.9 Å². The second-order valence-corrected chi connectivity index (χ2v) is 5.35. The smallest absolute Gasteiger partial charge is 0.271 e. The normalized spacial score (nSPS) is 13.1. The van der Waals surface area contributed by atoms with Gasteiger partial charge in [-0.2, -0.15) is 0 Å². The molecule has 18 heavy (non-hydrogen) atoms. The number of anilines is 1. The van der Waals surface area contributed by atoms with Crippen LogP contribution in [-0.2, 0) is 0 Å². The first-order valence-corrected chi connectivity index (χ1v) is 6.37. The van der Waals surface area contributed by atoms with E-state index in [9.17, 15) is 4.79 Å². The zero-order valence-corrected chi connectivity index (χ0v) is 12.3. The summed E-state index contributed by atoms with van der Waals surface area (Å²) in [5, 5.41) is 3.27. The van der Waals surface area contributed by atoms with Gasteiger partial charge in [0, 0.05) is 12.6 Å². The second-order valence-electron chi connectivity index (χ2n) is 4.97. The first-order valence-electron chi connectivity index (χ1n) is 5.99. The Labute approximate surface area is 113 Å². The molecule has 0 radical (unpaired) electrons. The third-order valence-corrected chi connectivity index (χ3v) is 3.24. The second kappa shape index (κ2) is 6.20. The van der Waals surface area contributed by atoms with Crippen LogP contribution in [0.1, 0.15) is 19.7 Å². The summed E-state index contributed by atoms with van der Waals surface area (Å²) in [6, 6.07) is 0.350. The van der Waals surface area contributed by atoms with Crippen molar-refractivity contribution in [2.45, 2.75) is 26.8 Å². The lowest BCUT2D eigenvalue weighted by molar-refractivity contribution is 0.243. The molecule has 0 unspecified atom stereocenters. The molecule has 1 aromatic heterocycles. The summed E-state index contributed by atoms with van der Waals surface area (Å²) in [5.74, 6) is 1.50. The molecule has 0 aliphatic rings. The molecule has 0 saturated carbocycles. The molecule has 0 aliphatic carbocycles. The summed E-state index contributed by atoms with van der Waals surface area (Å²) in [5.41, 5.74) is -0.308.